The molecule has 1 aliphatic heterocycles. The van der Waals surface area contributed by atoms with Crippen molar-refractivity contribution in [3.8, 4) is 16.9 Å². The second-order valence-corrected chi connectivity index (χ2v) is 7.58. The Kier molecular flexibility index (Phi) is 4.62. The summed E-state index contributed by atoms with van der Waals surface area (Å²) in [6.07, 6.45) is 8.91. The number of aromatic nitrogens is 4. The summed E-state index contributed by atoms with van der Waals surface area (Å²) in [4.78, 5) is 8.74. The van der Waals surface area contributed by atoms with Crippen LogP contribution in [0.25, 0.3) is 22.4 Å². The van der Waals surface area contributed by atoms with Crippen LogP contribution in [0.15, 0.2) is 36.9 Å². The van der Waals surface area contributed by atoms with Crippen molar-refractivity contribution >= 4 is 11.3 Å². The van der Waals surface area contributed by atoms with Gasteiger partial charge in [0.15, 0.2) is 22.9 Å². The van der Waals surface area contributed by atoms with Gasteiger partial charge in [-0.2, -0.15) is 8.78 Å². The summed E-state index contributed by atoms with van der Waals surface area (Å²) in [7, 11) is 0. The third kappa shape index (κ3) is 3.39. The molecule has 0 unspecified atom stereocenters. The molecule has 0 radical (unpaired) electrons. The maximum absolute atomic E-state index is 14.6. The lowest BCUT2D eigenvalue weighted by Gasteiger charge is -2.20. The van der Waals surface area contributed by atoms with Gasteiger partial charge in [0, 0.05) is 41.8 Å². The van der Waals surface area contributed by atoms with Crippen molar-refractivity contribution < 1.29 is 17.9 Å². The number of aryl methyl sites for hydroxylation is 1. The van der Waals surface area contributed by atoms with Crippen LogP contribution < -0.4 is 10.1 Å². The largest absolute Gasteiger partial charge is 0.431 e. The molecule has 6 nitrogen and oxygen atoms in total. The van der Waals surface area contributed by atoms with E-state index < -0.39 is 12.4 Å². The zero-order chi connectivity index (χ0) is 20.8. The number of pyridine rings is 2. The van der Waals surface area contributed by atoms with Crippen LogP contribution in [0.5, 0.6) is 5.75 Å². The Morgan fingerprint density at radius 1 is 1.00 bits per heavy atom. The average molecular weight is 415 g/mol. The van der Waals surface area contributed by atoms with Crippen LogP contribution in [0.4, 0.5) is 13.2 Å². The van der Waals surface area contributed by atoms with Crippen LogP contribution >= 0.6 is 0 Å². The summed E-state index contributed by atoms with van der Waals surface area (Å²) in [5.74, 6) is -0.264. The zero-order valence-corrected chi connectivity index (χ0v) is 16.3. The molecule has 0 spiro atoms. The molecule has 9 heteroatoms. The summed E-state index contributed by atoms with van der Waals surface area (Å²) < 4.78 is 48.8. The Morgan fingerprint density at radius 2 is 1.70 bits per heavy atom. The third-order valence-electron chi connectivity index (χ3n) is 5.47. The Balaban J connectivity index is 1.64. The van der Waals surface area contributed by atoms with Crippen molar-refractivity contribution in [2.45, 2.75) is 32.3 Å². The lowest BCUT2D eigenvalue weighted by molar-refractivity contribution is -0.0491. The number of rotatable bonds is 4. The molecule has 0 aromatic carbocycles. The van der Waals surface area contributed by atoms with Crippen LogP contribution in [0, 0.1) is 12.7 Å². The average Bonchev–Trinajstić information content (AvgIpc) is 3.31. The van der Waals surface area contributed by atoms with E-state index in [1.165, 1.54) is 12.1 Å². The molecule has 0 aliphatic carbocycles. The number of hydrogen-bond donors (Lipinski definition) is 1. The number of imidazole rings is 2. The predicted octanol–water partition coefficient (Wildman–Crippen LogP) is 4.16. The van der Waals surface area contributed by atoms with Gasteiger partial charge in [-0.05, 0) is 45.0 Å². The molecular formula is C21H20F3N5O. The minimum absolute atomic E-state index is 0.0370. The highest BCUT2D eigenvalue weighted by Crippen LogP contribution is 2.32. The highest BCUT2D eigenvalue weighted by molar-refractivity contribution is 5.70. The normalized spacial score (nSPS) is 15.5. The van der Waals surface area contributed by atoms with Gasteiger partial charge in [0.2, 0.25) is 0 Å². The summed E-state index contributed by atoms with van der Waals surface area (Å²) in [6.45, 7) is 0.584. The molecule has 0 atom stereocenters. The Bertz CT molecular complexity index is 1230. The van der Waals surface area contributed by atoms with Gasteiger partial charge >= 0.3 is 6.61 Å². The highest BCUT2D eigenvalue weighted by atomic mass is 19.3. The number of halogens is 3. The first kappa shape index (κ1) is 18.9. The van der Waals surface area contributed by atoms with Crippen LogP contribution in [0.2, 0.25) is 0 Å². The molecule has 0 saturated carbocycles. The van der Waals surface area contributed by atoms with Crippen molar-refractivity contribution in [1.82, 2.24) is 24.1 Å². The van der Waals surface area contributed by atoms with Gasteiger partial charge in [-0.25, -0.2) is 14.4 Å². The second kappa shape index (κ2) is 7.32. The maximum atomic E-state index is 14.6. The fourth-order valence-electron chi connectivity index (χ4n) is 4.08. The van der Waals surface area contributed by atoms with E-state index in [9.17, 15) is 13.2 Å². The van der Waals surface area contributed by atoms with Gasteiger partial charge in [-0.15, -0.1) is 0 Å². The molecule has 1 aliphatic rings. The van der Waals surface area contributed by atoms with E-state index in [2.05, 4.69) is 15.3 Å². The third-order valence-corrected chi connectivity index (χ3v) is 5.47. The van der Waals surface area contributed by atoms with Crippen LogP contribution in [0.3, 0.4) is 0 Å². The van der Waals surface area contributed by atoms with Gasteiger partial charge in [-0.1, -0.05) is 0 Å². The smallest absolute Gasteiger partial charge is 0.387 e. The first-order chi connectivity index (χ1) is 14.5. The molecule has 0 amide bonds. The van der Waals surface area contributed by atoms with Crippen molar-refractivity contribution in [1.29, 1.82) is 0 Å². The molecule has 156 valence electrons. The Labute approximate surface area is 170 Å². The summed E-state index contributed by atoms with van der Waals surface area (Å²) >= 11 is 0. The lowest BCUT2D eigenvalue weighted by Crippen LogP contribution is -2.26. The van der Waals surface area contributed by atoms with Crippen LogP contribution in [0.1, 0.15) is 30.1 Å². The molecule has 1 N–H and O–H groups in total. The monoisotopic (exact) mass is 415 g/mol. The number of hydrogen-bond acceptors (Lipinski definition) is 4. The maximum Gasteiger partial charge on any atom is 0.387 e. The second-order valence-electron chi connectivity index (χ2n) is 7.58. The van der Waals surface area contributed by atoms with Crippen molar-refractivity contribution in [3.63, 3.8) is 0 Å². The molecule has 0 bridgehead atoms. The molecule has 30 heavy (non-hydrogen) atoms. The number of alkyl halides is 2. The van der Waals surface area contributed by atoms with E-state index in [4.69, 9.17) is 4.74 Å². The Morgan fingerprint density at radius 3 is 2.43 bits per heavy atom. The van der Waals surface area contributed by atoms with E-state index in [1.807, 2.05) is 6.20 Å². The highest BCUT2D eigenvalue weighted by Gasteiger charge is 2.21. The van der Waals surface area contributed by atoms with Gasteiger partial charge in [0.05, 0.1) is 11.4 Å². The number of nitrogens with one attached hydrogen (secondary N) is 1. The molecule has 1 saturated heterocycles. The van der Waals surface area contributed by atoms with E-state index in [-0.39, 0.29) is 17.3 Å². The fourth-order valence-corrected chi connectivity index (χ4v) is 4.08. The number of piperidine rings is 1. The fraction of sp³-hybridized carbons (Fsp3) is 0.333. The minimum Gasteiger partial charge on any atom is -0.431 e. The SMILES string of the molecule is Cc1cn2cc(-c3cc(OC(F)F)c4nc(C5CCNCC5)cn4c3)cc(F)c2n1. The van der Waals surface area contributed by atoms with E-state index in [1.54, 1.807) is 34.3 Å². The van der Waals surface area contributed by atoms with E-state index in [0.717, 1.165) is 31.6 Å². The quantitative estimate of drug-likeness (QED) is 0.544. The van der Waals surface area contributed by atoms with Crippen molar-refractivity contribution in [2.24, 2.45) is 0 Å². The number of nitrogens with zero attached hydrogens (tertiary/aromatic N) is 4. The van der Waals surface area contributed by atoms with Gasteiger partial charge < -0.3 is 18.9 Å². The summed E-state index contributed by atoms with van der Waals surface area (Å²) in [6, 6.07) is 2.82. The van der Waals surface area contributed by atoms with Crippen molar-refractivity contribution in [2.75, 3.05) is 13.1 Å². The molecule has 4 aromatic heterocycles. The standard InChI is InChI=1S/C21H20F3N5O/c1-12-8-28-9-14(6-16(22)19(28)26-12)15-7-18(30-21(23)24)20-27-17(11-29(20)10-15)13-2-4-25-5-3-13/h6-11,13,21,25H,2-5H2,1H3. The topological polar surface area (TPSA) is 55.9 Å². The number of fused-ring (bicyclic) bond motifs is 2. The lowest BCUT2D eigenvalue weighted by atomic mass is 9.95. The molecule has 1 fully saturated rings. The molecule has 4 aromatic rings. The molecule has 5 heterocycles. The van der Waals surface area contributed by atoms with Crippen LogP contribution in [-0.4, -0.2) is 38.5 Å². The Hall–Kier alpha value is -3.07. The number of ether oxygens (including phenoxy) is 1. The predicted molar refractivity (Wildman–Crippen MR) is 106 cm³/mol. The van der Waals surface area contributed by atoms with E-state index in [0.29, 0.717) is 22.5 Å². The summed E-state index contributed by atoms with van der Waals surface area (Å²) in [5, 5.41) is 3.31. The van der Waals surface area contributed by atoms with E-state index >= 15 is 0 Å². The first-order valence-corrected chi connectivity index (χ1v) is 9.81. The van der Waals surface area contributed by atoms with Crippen molar-refractivity contribution in [3.05, 3.63) is 54.1 Å². The minimum atomic E-state index is -2.99. The van der Waals surface area contributed by atoms with Gasteiger partial charge in [0.1, 0.15) is 0 Å². The molecular weight excluding hydrogens is 395 g/mol. The van der Waals surface area contributed by atoms with Crippen LogP contribution in [-0.2, 0) is 0 Å². The zero-order valence-electron chi connectivity index (χ0n) is 16.3. The molecule has 5 rings (SSSR count). The van der Waals surface area contributed by atoms with Gasteiger partial charge in [-0.3, -0.25) is 0 Å². The van der Waals surface area contributed by atoms with Gasteiger partial charge in [0.25, 0.3) is 0 Å². The first-order valence-electron chi connectivity index (χ1n) is 9.81. The summed E-state index contributed by atoms with van der Waals surface area (Å²) in [5.41, 5.74) is 3.14.